The van der Waals surface area contributed by atoms with Crippen molar-refractivity contribution in [2.75, 3.05) is 26.2 Å². The smallest absolute Gasteiger partial charge is 0.143 e. The topological polar surface area (TPSA) is 83.6 Å². The number of Topliss-reactive ketones (excluding diaryl/α,β-unsaturated/α-hetero) is 2. The molecule has 0 aliphatic carbocycles. The molecule has 0 aromatic carbocycles. The summed E-state index contributed by atoms with van der Waals surface area (Å²) in [6.07, 6.45) is 3.28. The quantitative estimate of drug-likeness (QED) is 0.774. The predicted octanol–water partition coefficient (Wildman–Crippen LogP) is 1.47. The second-order valence-corrected chi connectivity index (χ2v) is 5.33. The molecule has 6 heteroatoms. The van der Waals surface area contributed by atoms with E-state index in [1.165, 1.54) is 13.8 Å². The van der Waals surface area contributed by atoms with E-state index in [4.69, 9.17) is 0 Å². The molecule has 0 spiro atoms. The molecular weight excluding hydrogens is 280 g/mol. The molecule has 0 saturated carbocycles. The molecule has 2 atom stereocenters. The molecule has 0 bridgehead atoms. The van der Waals surface area contributed by atoms with Crippen LogP contribution in [0.15, 0.2) is 20.0 Å². The Hall–Kier alpha value is -1.98. The van der Waals surface area contributed by atoms with Crippen molar-refractivity contribution in [1.82, 2.24) is 0 Å². The fourth-order valence-corrected chi connectivity index (χ4v) is 2.14. The van der Waals surface area contributed by atoms with Gasteiger partial charge in [-0.2, -0.15) is 0 Å². The monoisotopic (exact) mass is 304 g/mol. The van der Waals surface area contributed by atoms with Crippen LogP contribution in [0.3, 0.4) is 0 Å². The standard InChI is InChI=1S/C16H24N4O2/c1-11-15(13(3)21)9-17-5-6-18-10-16(14(4)22)12(2)20-8-7-19-11/h9-10,15-16H,5-8H2,1-4H3. The third kappa shape index (κ3) is 5.79. The summed E-state index contributed by atoms with van der Waals surface area (Å²) in [6, 6.07) is 0. The number of ketones is 2. The molecule has 0 amide bonds. The minimum absolute atomic E-state index is 0.0249. The first-order valence-electron chi connectivity index (χ1n) is 7.46. The van der Waals surface area contributed by atoms with E-state index in [2.05, 4.69) is 20.0 Å². The van der Waals surface area contributed by atoms with E-state index in [9.17, 15) is 9.59 Å². The SMILES string of the molecule is CC(=O)C1C=NCCN=CC(C(C)=O)C(C)=NCCN=C1C. The molecule has 0 aromatic rings. The highest BCUT2D eigenvalue weighted by Gasteiger charge is 2.16. The van der Waals surface area contributed by atoms with Gasteiger partial charge in [0, 0.05) is 23.9 Å². The number of rotatable bonds is 2. The van der Waals surface area contributed by atoms with Crippen molar-refractivity contribution in [3.63, 3.8) is 0 Å². The number of aliphatic imine (C=N–C) groups is 4. The lowest BCUT2D eigenvalue weighted by Gasteiger charge is -2.10. The first kappa shape index (κ1) is 18.1. The Kier molecular flexibility index (Phi) is 7.49. The van der Waals surface area contributed by atoms with Crippen molar-refractivity contribution in [2.24, 2.45) is 31.8 Å². The molecule has 22 heavy (non-hydrogen) atoms. The lowest BCUT2D eigenvalue weighted by molar-refractivity contribution is -0.118. The molecule has 0 N–H and O–H groups in total. The number of hydrogen-bond acceptors (Lipinski definition) is 6. The Morgan fingerprint density at radius 1 is 0.818 bits per heavy atom. The lowest BCUT2D eigenvalue weighted by Crippen LogP contribution is -2.23. The zero-order valence-corrected chi connectivity index (χ0v) is 13.7. The van der Waals surface area contributed by atoms with Crippen LogP contribution in [0, 0.1) is 11.8 Å². The van der Waals surface area contributed by atoms with Gasteiger partial charge in [0.1, 0.15) is 11.6 Å². The molecule has 6 nitrogen and oxygen atoms in total. The average Bonchev–Trinajstić information content (AvgIpc) is 2.44. The van der Waals surface area contributed by atoms with Gasteiger partial charge in [0.2, 0.25) is 0 Å². The van der Waals surface area contributed by atoms with Crippen molar-refractivity contribution in [3.8, 4) is 0 Å². The van der Waals surface area contributed by atoms with Crippen LogP contribution >= 0.6 is 0 Å². The van der Waals surface area contributed by atoms with Gasteiger partial charge in [0.25, 0.3) is 0 Å². The fourth-order valence-electron chi connectivity index (χ4n) is 2.14. The molecule has 1 aliphatic rings. The van der Waals surface area contributed by atoms with Gasteiger partial charge in [0.05, 0.1) is 38.0 Å². The van der Waals surface area contributed by atoms with Crippen LogP contribution in [-0.2, 0) is 9.59 Å². The highest BCUT2D eigenvalue weighted by atomic mass is 16.1. The number of hydrogen-bond donors (Lipinski definition) is 0. The van der Waals surface area contributed by atoms with E-state index in [0.717, 1.165) is 11.4 Å². The third-order valence-corrected chi connectivity index (χ3v) is 3.47. The van der Waals surface area contributed by atoms with Gasteiger partial charge in [-0.3, -0.25) is 29.6 Å². The van der Waals surface area contributed by atoms with Gasteiger partial charge in [-0.05, 0) is 27.7 Å². The second-order valence-electron chi connectivity index (χ2n) is 5.33. The highest BCUT2D eigenvalue weighted by molar-refractivity contribution is 6.15. The molecular formula is C16H24N4O2. The molecule has 0 fully saturated rings. The third-order valence-electron chi connectivity index (χ3n) is 3.47. The van der Waals surface area contributed by atoms with Crippen molar-refractivity contribution in [3.05, 3.63) is 0 Å². The summed E-state index contributed by atoms with van der Waals surface area (Å²) >= 11 is 0. The van der Waals surface area contributed by atoms with Crippen LogP contribution in [0.4, 0.5) is 0 Å². The molecule has 1 heterocycles. The van der Waals surface area contributed by atoms with E-state index >= 15 is 0 Å². The Balaban J connectivity index is 2.96. The molecule has 1 rings (SSSR count). The van der Waals surface area contributed by atoms with Crippen molar-refractivity contribution >= 4 is 35.4 Å². The molecule has 1 aliphatic heterocycles. The average molecular weight is 304 g/mol. The minimum Gasteiger partial charge on any atom is -0.299 e. The molecule has 120 valence electrons. The van der Waals surface area contributed by atoms with Crippen LogP contribution in [0.1, 0.15) is 27.7 Å². The summed E-state index contributed by atoms with van der Waals surface area (Å²) in [4.78, 5) is 40.6. The predicted molar refractivity (Wildman–Crippen MR) is 91.0 cm³/mol. The van der Waals surface area contributed by atoms with Gasteiger partial charge < -0.3 is 0 Å². The Bertz CT molecular complexity index is 484. The minimum atomic E-state index is -0.373. The molecule has 0 aromatic heterocycles. The first-order valence-corrected chi connectivity index (χ1v) is 7.46. The van der Waals surface area contributed by atoms with Crippen molar-refractivity contribution < 1.29 is 9.59 Å². The maximum absolute atomic E-state index is 11.7. The number of carbonyl (C=O) groups is 2. The van der Waals surface area contributed by atoms with Gasteiger partial charge in [-0.15, -0.1) is 0 Å². The summed E-state index contributed by atoms with van der Waals surface area (Å²) in [5.41, 5.74) is 1.49. The maximum Gasteiger partial charge on any atom is 0.143 e. The summed E-state index contributed by atoms with van der Waals surface area (Å²) < 4.78 is 0. The van der Waals surface area contributed by atoms with Gasteiger partial charge in [0.15, 0.2) is 0 Å². The Morgan fingerprint density at radius 3 is 1.50 bits per heavy atom. The Morgan fingerprint density at radius 2 is 1.18 bits per heavy atom. The van der Waals surface area contributed by atoms with Crippen LogP contribution in [0.5, 0.6) is 0 Å². The first-order chi connectivity index (χ1) is 10.4. The second kappa shape index (κ2) is 9.12. The van der Waals surface area contributed by atoms with Gasteiger partial charge in [-0.25, -0.2) is 0 Å². The fraction of sp³-hybridized carbons (Fsp3) is 0.625. The summed E-state index contributed by atoms with van der Waals surface area (Å²) in [5, 5.41) is 0. The lowest BCUT2D eigenvalue weighted by atomic mass is 10.0. The van der Waals surface area contributed by atoms with Crippen LogP contribution < -0.4 is 0 Å². The normalized spacial score (nSPS) is 24.2. The molecule has 0 radical (unpaired) electrons. The van der Waals surface area contributed by atoms with E-state index < -0.39 is 0 Å². The van der Waals surface area contributed by atoms with Crippen molar-refractivity contribution in [2.45, 2.75) is 27.7 Å². The largest absolute Gasteiger partial charge is 0.299 e. The van der Waals surface area contributed by atoms with E-state index in [1.807, 2.05) is 13.8 Å². The van der Waals surface area contributed by atoms with E-state index in [1.54, 1.807) is 12.4 Å². The van der Waals surface area contributed by atoms with Crippen LogP contribution in [0.25, 0.3) is 0 Å². The van der Waals surface area contributed by atoms with Gasteiger partial charge in [-0.1, -0.05) is 0 Å². The van der Waals surface area contributed by atoms with E-state index in [-0.39, 0.29) is 23.4 Å². The van der Waals surface area contributed by atoms with E-state index in [0.29, 0.717) is 26.2 Å². The summed E-state index contributed by atoms with van der Waals surface area (Å²) in [6.45, 7) is 8.68. The van der Waals surface area contributed by atoms with Gasteiger partial charge >= 0.3 is 0 Å². The number of carbonyl (C=O) groups excluding carboxylic acids is 2. The molecule has 2 unspecified atom stereocenters. The Labute approximate surface area is 131 Å². The number of nitrogens with zero attached hydrogens (tertiary/aromatic N) is 4. The highest BCUT2D eigenvalue weighted by Crippen LogP contribution is 2.03. The van der Waals surface area contributed by atoms with Crippen molar-refractivity contribution in [1.29, 1.82) is 0 Å². The summed E-state index contributed by atoms with van der Waals surface area (Å²) in [7, 11) is 0. The van der Waals surface area contributed by atoms with Crippen LogP contribution in [0.2, 0.25) is 0 Å². The molecule has 0 saturated heterocycles. The summed E-state index contributed by atoms with van der Waals surface area (Å²) in [5.74, 6) is -0.697. The maximum atomic E-state index is 11.7. The zero-order chi connectivity index (χ0) is 16.5. The van der Waals surface area contributed by atoms with Crippen LogP contribution in [-0.4, -0.2) is 61.6 Å². The zero-order valence-electron chi connectivity index (χ0n) is 13.7.